The van der Waals surface area contributed by atoms with Crippen molar-refractivity contribution in [2.24, 2.45) is 5.92 Å². The molecule has 0 N–H and O–H groups in total. The molecular formula is C10H21NO. The summed E-state index contributed by atoms with van der Waals surface area (Å²) in [4.78, 5) is 13.6. The highest BCUT2D eigenvalue weighted by atomic mass is 16.2. The number of amides is 1. The Morgan fingerprint density at radius 1 is 1.25 bits per heavy atom. The van der Waals surface area contributed by atoms with Gasteiger partial charge in [0.05, 0.1) is 0 Å². The monoisotopic (exact) mass is 171 g/mol. The predicted octanol–water partition coefficient (Wildman–Crippen LogP) is 2.29. The van der Waals surface area contributed by atoms with Crippen LogP contribution in [0.3, 0.4) is 0 Å². The summed E-state index contributed by atoms with van der Waals surface area (Å²) in [5.41, 5.74) is 0. The lowest BCUT2D eigenvalue weighted by Gasteiger charge is -2.27. The minimum absolute atomic E-state index is 0.173. The van der Waals surface area contributed by atoms with E-state index in [1.54, 1.807) is 0 Å². The highest BCUT2D eigenvalue weighted by Gasteiger charge is 2.19. The van der Waals surface area contributed by atoms with Crippen molar-refractivity contribution in [1.82, 2.24) is 4.90 Å². The second-order valence-corrected chi connectivity index (χ2v) is 3.53. The summed E-state index contributed by atoms with van der Waals surface area (Å²) in [6.45, 7) is 11.0. The Balaban J connectivity index is 4.21. The van der Waals surface area contributed by atoms with Gasteiger partial charge in [0.25, 0.3) is 0 Å². The lowest BCUT2D eigenvalue weighted by atomic mass is 10.1. The van der Waals surface area contributed by atoms with Gasteiger partial charge in [-0.25, -0.2) is 0 Å². The average Bonchev–Trinajstić information content (AvgIpc) is 2.03. The van der Waals surface area contributed by atoms with Gasteiger partial charge in [0, 0.05) is 18.5 Å². The fourth-order valence-electron chi connectivity index (χ4n) is 1.23. The molecule has 0 saturated carbocycles. The zero-order chi connectivity index (χ0) is 9.72. The molecule has 0 aliphatic carbocycles. The SMILES string of the molecule is CCC(C)C(=O)N(CC)C(C)C. The van der Waals surface area contributed by atoms with Crippen LogP contribution in [0, 0.1) is 5.92 Å². The van der Waals surface area contributed by atoms with E-state index in [2.05, 4.69) is 20.8 Å². The molecule has 12 heavy (non-hydrogen) atoms. The molecule has 0 aliphatic rings. The maximum Gasteiger partial charge on any atom is 0.225 e. The van der Waals surface area contributed by atoms with Gasteiger partial charge in [0.2, 0.25) is 5.91 Å². The van der Waals surface area contributed by atoms with Crippen molar-refractivity contribution in [3.63, 3.8) is 0 Å². The summed E-state index contributed by atoms with van der Waals surface area (Å²) in [5.74, 6) is 0.461. The van der Waals surface area contributed by atoms with Crippen molar-refractivity contribution in [2.45, 2.75) is 47.1 Å². The van der Waals surface area contributed by atoms with Crippen LogP contribution in [-0.2, 0) is 4.79 Å². The third-order valence-corrected chi connectivity index (χ3v) is 2.28. The Bertz CT molecular complexity index is 143. The van der Waals surface area contributed by atoms with Crippen molar-refractivity contribution in [1.29, 1.82) is 0 Å². The molecule has 0 rings (SSSR count). The predicted molar refractivity (Wildman–Crippen MR) is 52.0 cm³/mol. The summed E-state index contributed by atoms with van der Waals surface area (Å²) < 4.78 is 0. The lowest BCUT2D eigenvalue weighted by Crippen LogP contribution is -2.39. The third-order valence-electron chi connectivity index (χ3n) is 2.28. The number of carbonyl (C=O) groups excluding carboxylic acids is 1. The first-order chi connectivity index (χ1) is 5.54. The van der Waals surface area contributed by atoms with Crippen LogP contribution in [0.2, 0.25) is 0 Å². The van der Waals surface area contributed by atoms with Gasteiger partial charge in [0.1, 0.15) is 0 Å². The molecule has 0 saturated heterocycles. The van der Waals surface area contributed by atoms with Crippen LogP contribution in [-0.4, -0.2) is 23.4 Å². The molecule has 0 aliphatic heterocycles. The van der Waals surface area contributed by atoms with Gasteiger partial charge in [-0.05, 0) is 27.2 Å². The van der Waals surface area contributed by atoms with E-state index in [1.807, 2.05) is 18.7 Å². The lowest BCUT2D eigenvalue weighted by molar-refractivity contribution is -0.136. The highest BCUT2D eigenvalue weighted by molar-refractivity contribution is 5.78. The first kappa shape index (κ1) is 11.5. The first-order valence-electron chi connectivity index (χ1n) is 4.85. The van der Waals surface area contributed by atoms with Crippen molar-refractivity contribution < 1.29 is 4.79 Å². The standard InChI is InChI=1S/C10H21NO/c1-6-9(5)10(12)11(7-2)8(3)4/h8-9H,6-7H2,1-5H3. The van der Waals surface area contributed by atoms with E-state index < -0.39 is 0 Å². The number of carbonyl (C=O) groups is 1. The first-order valence-corrected chi connectivity index (χ1v) is 4.85. The van der Waals surface area contributed by atoms with Crippen molar-refractivity contribution in [3.05, 3.63) is 0 Å². The molecule has 0 spiro atoms. The van der Waals surface area contributed by atoms with Gasteiger partial charge in [-0.15, -0.1) is 0 Å². The molecule has 0 heterocycles. The van der Waals surface area contributed by atoms with Gasteiger partial charge in [-0.1, -0.05) is 13.8 Å². The second-order valence-electron chi connectivity index (χ2n) is 3.53. The molecule has 0 aromatic rings. The second kappa shape index (κ2) is 5.18. The largest absolute Gasteiger partial charge is 0.340 e. The van der Waals surface area contributed by atoms with Crippen LogP contribution < -0.4 is 0 Å². The molecule has 0 aromatic heterocycles. The van der Waals surface area contributed by atoms with Gasteiger partial charge >= 0.3 is 0 Å². The summed E-state index contributed by atoms with van der Waals surface area (Å²) >= 11 is 0. The van der Waals surface area contributed by atoms with Crippen LogP contribution in [0.15, 0.2) is 0 Å². The molecule has 0 radical (unpaired) electrons. The Kier molecular flexibility index (Phi) is 4.95. The van der Waals surface area contributed by atoms with E-state index in [-0.39, 0.29) is 11.8 Å². The molecule has 1 atom stereocenters. The fourth-order valence-corrected chi connectivity index (χ4v) is 1.23. The summed E-state index contributed by atoms with van der Waals surface area (Å²) in [6, 6.07) is 0.330. The van der Waals surface area contributed by atoms with Crippen LogP contribution in [0.1, 0.15) is 41.0 Å². The molecule has 0 fully saturated rings. The molecule has 2 nitrogen and oxygen atoms in total. The Morgan fingerprint density at radius 3 is 2.00 bits per heavy atom. The maximum atomic E-state index is 11.7. The number of hydrogen-bond acceptors (Lipinski definition) is 1. The van der Waals surface area contributed by atoms with E-state index >= 15 is 0 Å². The Morgan fingerprint density at radius 2 is 1.75 bits per heavy atom. The average molecular weight is 171 g/mol. The van der Waals surface area contributed by atoms with E-state index in [0.717, 1.165) is 13.0 Å². The van der Waals surface area contributed by atoms with E-state index in [1.165, 1.54) is 0 Å². The van der Waals surface area contributed by atoms with Crippen LogP contribution in [0.25, 0.3) is 0 Å². The highest BCUT2D eigenvalue weighted by Crippen LogP contribution is 2.09. The van der Waals surface area contributed by atoms with Crippen molar-refractivity contribution in [3.8, 4) is 0 Å². The molecule has 1 amide bonds. The molecular weight excluding hydrogens is 150 g/mol. The van der Waals surface area contributed by atoms with Crippen molar-refractivity contribution >= 4 is 5.91 Å². The van der Waals surface area contributed by atoms with E-state index in [4.69, 9.17) is 0 Å². The summed E-state index contributed by atoms with van der Waals surface area (Å²) in [6.07, 6.45) is 0.933. The third kappa shape index (κ3) is 2.84. The van der Waals surface area contributed by atoms with Gasteiger partial charge in [0.15, 0.2) is 0 Å². The van der Waals surface area contributed by atoms with Crippen LogP contribution in [0.5, 0.6) is 0 Å². The van der Waals surface area contributed by atoms with Crippen molar-refractivity contribution in [2.75, 3.05) is 6.54 Å². The molecule has 2 heteroatoms. The zero-order valence-corrected chi connectivity index (χ0v) is 8.92. The fraction of sp³-hybridized carbons (Fsp3) is 0.900. The van der Waals surface area contributed by atoms with E-state index in [0.29, 0.717) is 6.04 Å². The molecule has 72 valence electrons. The number of hydrogen-bond donors (Lipinski definition) is 0. The van der Waals surface area contributed by atoms with Crippen LogP contribution >= 0.6 is 0 Å². The summed E-state index contributed by atoms with van der Waals surface area (Å²) in [7, 11) is 0. The molecule has 1 unspecified atom stereocenters. The smallest absolute Gasteiger partial charge is 0.225 e. The maximum absolute atomic E-state index is 11.7. The molecule has 0 aromatic carbocycles. The quantitative estimate of drug-likeness (QED) is 0.635. The van der Waals surface area contributed by atoms with E-state index in [9.17, 15) is 4.79 Å². The molecule has 0 bridgehead atoms. The van der Waals surface area contributed by atoms with Gasteiger partial charge in [-0.3, -0.25) is 4.79 Å². The van der Waals surface area contributed by atoms with Crippen LogP contribution in [0.4, 0.5) is 0 Å². The summed E-state index contributed by atoms with van der Waals surface area (Å²) in [5, 5.41) is 0. The Hall–Kier alpha value is -0.530. The van der Waals surface area contributed by atoms with Gasteiger partial charge < -0.3 is 4.90 Å². The topological polar surface area (TPSA) is 20.3 Å². The minimum atomic E-state index is 0.173. The minimum Gasteiger partial charge on any atom is -0.340 e. The number of rotatable bonds is 4. The Labute approximate surface area is 75.9 Å². The zero-order valence-electron chi connectivity index (χ0n) is 8.92. The van der Waals surface area contributed by atoms with Gasteiger partial charge in [-0.2, -0.15) is 0 Å². The normalized spacial score (nSPS) is 13.2. The number of nitrogens with zero attached hydrogens (tertiary/aromatic N) is 1.